The van der Waals surface area contributed by atoms with Gasteiger partial charge in [-0.1, -0.05) is 0 Å². The summed E-state index contributed by atoms with van der Waals surface area (Å²) >= 11 is 0. The second kappa shape index (κ2) is 8.03. The molecular weight excluding hydrogens is 312 g/mol. The number of aliphatic hydroxyl groups is 2. The third kappa shape index (κ3) is 4.35. The largest absolute Gasteiger partial charge is 0.441 e. The van der Waals surface area contributed by atoms with Crippen molar-refractivity contribution in [1.82, 2.24) is 5.32 Å². The number of hydrogen-bond acceptors (Lipinski definition) is 9. The SMILES string of the molecule is Nc1ccc([N+](=O)[O-])c(C(=O)NCCO)c1C(=O)OC(N)CO. The summed E-state index contributed by atoms with van der Waals surface area (Å²) in [6.45, 7) is -1.28. The molecule has 1 aromatic carbocycles. The maximum Gasteiger partial charge on any atom is 0.342 e. The second-order valence-corrected chi connectivity index (χ2v) is 4.29. The van der Waals surface area contributed by atoms with Crippen molar-refractivity contribution in [2.75, 3.05) is 25.5 Å². The summed E-state index contributed by atoms with van der Waals surface area (Å²) in [4.78, 5) is 34.4. The van der Waals surface area contributed by atoms with Crippen LogP contribution in [0.3, 0.4) is 0 Å². The van der Waals surface area contributed by atoms with E-state index in [0.29, 0.717) is 0 Å². The van der Waals surface area contributed by atoms with Crippen molar-refractivity contribution in [3.8, 4) is 0 Å². The molecule has 7 N–H and O–H groups in total. The van der Waals surface area contributed by atoms with Crippen LogP contribution in [0.15, 0.2) is 12.1 Å². The molecule has 0 bridgehead atoms. The lowest BCUT2D eigenvalue weighted by atomic mass is 10.0. The molecule has 0 aromatic heterocycles. The number of ether oxygens (including phenoxy) is 1. The average Bonchev–Trinajstić information content (AvgIpc) is 2.51. The highest BCUT2D eigenvalue weighted by Crippen LogP contribution is 2.28. The maximum atomic E-state index is 12.1. The number of nitrogens with two attached hydrogens (primary N) is 2. The molecule has 0 saturated carbocycles. The minimum Gasteiger partial charge on any atom is -0.441 e. The fourth-order valence-electron chi connectivity index (χ4n) is 1.70. The Balaban J connectivity index is 3.41. The number of anilines is 1. The number of amides is 1. The summed E-state index contributed by atoms with van der Waals surface area (Å²) in [6, 6.07) is 2.04. The zero-order valence-corrected chi connectivity index (χ0v) is 11.9. The minimum absolute atomic E-state index is 0.185. The summed E-state index contributed by atoms with van der Waals surface area (Å²) in [5.74, 6) is -2.18. The Bertz CT molecular complexity index is 620. The van der Waals surface area contributed by atoms with Gasteiger partial charge >= 0.3 is 5.97 Å². The van der Waals surface area contributed by atoms with Crippen LogP contribution >= 0.6 is 0 Å². The van der Waals surface area contributed by atoms with E-state index in [2.05, 4.69) is 10.1 Å². The second-order valence-electron chi connectivity index (χ2n) is 4.29. The monoisotopic (exact) mass is 328 g/mol. The van der Waals surface area contributed by atoms with Gasteiger partial charge in [-0.3, -0.25) is 20.6 Å². The van der Waals surface area contributed by atoms with E-state index in [1.807, 2.05) is 0 Å². The van der Waals surface area contributed by atoms with Crippen molar-refractivity contribution < 1.29 is 29.5 Å². The summed E-state index contributed by atoms with van der Waals surface area (Å²) in [6.07, 6.45) is -1.38. The van der Waals surface area contributed by atoms with E-state index in [-0.39, 0.29) is 12.2 Å². The number of hydrogen-bond donors (Lipinski definition) is 5. The van der Waals surface area contributed by atoms with Gasteiger partial charge < -0.3 is 26.0 Å². The van der Waals surface area contributed by atoms with E-state index in [9.17, 15) is 19.7 Å². The molecule has 0 spiro atoms. The average molecular weight is 328 g/mol. The first-order chi connectivity index (χ1) is 10.8. The molecule has 0 aliphatic rings. The van der Waals surface area contributed by atoms with Gasteiger partial charge in [-0.05, 0) is 6.07 Å². The fourth-order valence-corrected chi connectivity index (χ4v) is 1.70. The Labute approximate surface area is 130 Å². The van der Waals surface area contributed by atoms with E-state index >= 15 is 0 Å². The molecule has 1 aromatic rings. The molecule has 11 heteroatoms. The molecule has 1 atom stereocenters. The highest BCUT2D eigenvalue weighted by Gasteiger charge is 2.31. The number of nitro benzene ring substituents is 1. The number of nitrogens with one attached hydrogen (secondary N) is 1. The van der Waals surface area contributed by atoms with Crippen LogP contribution in [0.1, 0.15) is 20.7 Å². The highest BCUT2D eigenvalue weighted by molar-refractivity contribution is 6.11. The third-order valence-corrected chi connectivity index (χ3v) is 2.68. The van der Waals surface area contributed by atoms with E-state index in [0.717, 1.165) is 12.1 Å². The van der Waals surface area contributed by atoms with Crippen LogP contribution in [0.2, 0.25) is 0 Å². The standard InChI is InChI=1S/C12H16N4O7/c13-6-1-2-7(16(21)22)10(11(19)15-3-4-17)9(6)12(20)23-8(14)5-18/h1-2,8,17-18H,3-5,13-14H2,(H,15,19). The van der Waals surface area contributed by atoms with Crippen LogP contribution in [0, 0.1) is 10.1 Å². The zero-order chi connectivity index (χ0) is 17.6. The summed E-state index contributed by atoms with van der Waals surface area (Å²) < 4.78 is 4.65. The van der Waals surface area contributed by atoms with Crippen molar-refractivity contribution in [2.24, 2.45) is 5.73 Å². The number of carbonyl (C=O) groups excluding carboxylic acids is 2. The van der Waals surface area contributed by atoms with Gasteiger partial charge in [0.2, 0.25) is 0 Å². The van der Waals surface area contributed by atoms with Crippen molar-refractivity contribution in [2.45, 2.75) is 6.23 Å². The molecule has 11 nitrogen and oxygen atoms in total. The molecule has 1 amide bonds. The third-order valence-electron chi connectivity index (χ3n) is 2.68. The van der Waals surface area contributed by atoms with Gasteiger partial charge in [0.1, 0.15) is 11.1 Å². The van der Waals surface area contributed by atoms with Crippen LogP contribution in [-0.2, 0) is 4.74 Å². The molecule has 1 rings (SSSR count). The first kappa shape index (κ1) is 18.3. The molecule has 1 unspecified atom stereocenters. The highest BCUT2D eigenvalue weighted by atomic mass is 16.6. The van der Waals surface area contributed by atoms with Crippen molar-refractivity contribution >= 4 is 23.3 Å². The van der Waals surface area contributed by atoms with Gasteiger partial charge in [0.25, 0.3) is 11.6 Å². The van der Waals surface area contributed by atoms with Crippen LogP contribution in [0.4, 0.5) is 11.4 Å². The first-order valence-electron chi connectivity index (χ1n) is 6.36. The van der Waals surface area contributed by atoms with Gasteiger partial charge in [0.15, 0.2) is 6.23 Å². The van der Waals surface area contributed by atoms with Gasteiger partial charge in [0, 0.05) is 18.3 Å². The Hall–Kier alpha value is -2.76. The lowest BCUT2D eigenvalue weighted by molar-refractivity contribution is -0.385. The Morgan fingerprint density at radius 2 is 2.00 bits per heavy atom. The minimum atomic E-state index is -1.38. The molecule has 0 aliphatic heterocycles. The number of nitrogen functional groups attached to an aromatic ring is 1. The number of nitro groups is 1. The first-order valence-corrected chi connectivity index (χ1v) is 6.36. The molecule has 0 heterocycles. The molecule has 0 fully saturated rings. The van der Waals surface area contributed by atoms with Gasteiger partial charge in [0.05, 0.1) is 18.1 Å². The normalized spacial score (nSPS) is 11.6. The van der Waals surface area contributed by atoms with E-state index in [1.165, 1.54) is 0 Å². The number of nitrogens with zero attached hydrogens (tertiary/aromatic N) is 1. The topological polar surface area (TPSA) is 191 Å². The predicted molar refractivity (Wildman–Crippen MR) is 77.4 cm³/mol. The van der Waals surface area contributed by atoms with E-state index in [4.69, 9.17) is 21.7 Å². The summed E-state index contributed by atoms with van der Waals surface area (Å²) in [5.41, 5.74) is 8.82. The Morgan fingerprint density at radius 1 is 1.35 bits per heavy atom. The molecule has 0 saturated heterocycles. The fraction of sp³-hybridized carbons (Fsp3) is 0.333. The van der Waals surface area contributed by atoms with Crippen LogP contribution in [0.5, 0.6) is 0 Å². The zero-order valence-electron chi connectivity index (χ0n) is 11.9. The number of aliphatic hydroxyl groups excluding tert-OH is 2. The Morgan fingerprint density at radius 3 is 2.52 bits per heavy atom. The lowest BCUT2D eigenvalue weighted by Gasteiger charge is -2.14. The molecular formula is C12H16N4O7. The number of esters is 1. The lowest BCUT2D eigenvalue weighted by Crippen LogP contribution is -2.33. The summed E-state index contributed by atoms with van der Waals surface area (Å²) in [5, 5.41) is 30.8. The quantitative estimate of drug-likeness (QED) is 0.128. The van der Waals surface area contributed by atoms with Gasteiger partial charge in [-0.25, -0.2) is 4.79 Å². The van der Waals surface area contributed by atoms with E-state index in [1.54, 1.807) is 0 Å². The van der Waals surface area contributed by atoms with Gasteiger partial charge in [-0.2, -0.15) is 0 Å². The number of carbonyl (C=O) groups is 2. The van der Waals surface area contributed by atoms with E-state index < -0.39 is 53.1 Å². The van der Waals surface area contributed by atoms with Gasteiger partial charge in [-0.15, -0.1) is 0 Å². The molecule has 0 radical (unpaired) electrons. The maximum absolute atomic E-state index is 12.1. The van der Waals surface area contributed by atoms with Crippen LogP contribution in [0.25, 0.3) is 0 Å². The molecule has 126 valence electrons. The smallest absolute Gasteiger partial charge is 0.342 e. The Kier molecular flexibility index (Phi) is 6.38. The van der Waals surface area contributed by atoms with Crippen LogP contribution < -0.4 is 16.8 Å². The molecule has 0 aliphatic carbocycles. The molecule has 23 heavy (non-hydrogen) atoms. The predicted octanol–water partition coefficient (Wildman–Crippen LogP) is -1.67. The van der Waals surface area contributed by atoms with Crippen molar-refractivity contribution in [3.05, 3.63) is 33.4 Å². The number of benzene rings is 1. The summed E-state index contributed by atoms with van der Waals surface area (Å²) in [7, 11) is 0. The van der Waals surface area contributed by atoms with Crippen LogP contribution in [-0.4, -0.2) is 53.0 Å². The van der Waals surface area contributed by atoms with Crippen molar-refractivity contribution in [1.29, 1.82) is 0 Å². The van der Waals surface area contributed by atoms with Crippen molar-refractivity contribution in [3.63, 3.8) is 0 Å². The number of rotatable bonds is 7.